The first kappa shape index (κ1) is 19.1. The lowest BCUT2D eigenvalue weighted by Gasteiger charge is -2.32. The van der Waals surface area contributed by atoms with Gasteiger partial charge in [0.2, 0.25) is 5.91 Å². The van der Waals surface area contributed by atoms with Crippen molar-refractivity contribution >= 4 is 11.8 Å². The fourth-order valence-corrected chi connectivity index (χ4v) is 3.53. The monoisotopic (exact) mass is 365 g/mol. The third-order valence-electron chi connectivity index (χ3n) is 5.30. The number of rotatable bonds is 6. The summed E-state index contributed by atoms with van der Waals surface area (Å²) in [7, 11) is 0. The molecule has 0 spiro atoms. The Morgan fingerprint density at radius 1 is 1.11 bits per heavy atom. The van der Waals surface area contributed by atoms with Crippen LogP contribution in [0.1, 0.15) is 47.2 Å². The van der Waals surface area contributed by atoms with Crippen LogP contribution >= 0.6 is 0 Å². The van der Waals surface area contributed by atoms with Crippen LogP contribution in [0.2, 0.25) is 0 Å². The van der Waals surface area contributed by atoms with E-state index >= 15 is 0 Å². The Morgan fingerprint density at radius 3 is 2.52 bits per heavy atom. The van der Waals surface area contributed by atoms with Crippen LogP contribution in [0.3, 0.4) is 0 Å². The molecule has 27 heavy (non-hydrogen) atoms. The summed E-state index contributed by atoms with van der Waals surface area (Å²) in [5.74, 6) is 0.726. The average Bonchev–Trinajstić information content (AvgIpc) is 2.72. The highest BCUT2D eigenvalue weighted by Crippen LogP contribution is 2.23. The molecule has 1 aliphatic heterocycles. The van der Waals surface area contributed by atoms with Crippen LogP contribution in [0, 0.1) is 12.8 Å². The zero-order valence-corrected chi connectivity index (χ0v) is 15.9. The van der Waals surface area contributed by atoms with Gasteiger partial charge < -0.3 is 10.2 Å². The summed E-state index contributed by atoms with van der Waals surface area (Å²) in [6.45, 7) is 4.07. The minimum atomic E-state index is 0.0882. The number of benzene rings is 1. The standard InChI is InChI=1S/C22H27N3O2/c1-17-4-2-3-5-20(17)22(27)25-14-10-18(11-15-25)6-7-21(26)24-16-19-8-12-23-13-9-19/h2-5,8-9,12-13,18H,6-7,10-11,14-16H2,1H3,(H,24,26). The summed E-state index contributed by atoms with van der Waals surface area (Å²) in [6.07, 6.45) is 6.82. The van der Waals surface area contributed by atoms with Gasteiger partial charge in [-0.25, -0.2) is 0 Å². The predicted octanol–water partition coefficient (Wildman–Crippen LogP) is 3.34. The lowest BCUT2D eigenvalue weighted by molar-refractivity contribution is -0.121. The molecule has 142 valence electrons. The summed E-state index contributed by atoms with van der Waals surface area (Å²) in [5.41, 5.74) is 2.88. The van der Waals surface area contributed by atoms with Crippen molar-refractivity contribution in [2.75, 3.05) is 13.1 Å². The molecule has 0 aliphatic carbocycles. The van der Waals surface area contributed by atoms with Crippen LogP contribution in [-0.4, -0.2) is 34.8 Å². The van der Waals surface area contributed by atoms with Crippen LogP contribution in [0.25, 0.3) is 0 Å². The third kappa shape index (κ3) is 5.39. The molecule has 0 radical (unpaired) electrons. The highest BCUT2D eigenvalue weighted by Gasteiger charge is 2.24. The zero-order chi connectivity index (χ0) is 19.1. The number of piperidine rings is 1. The van der Waals surface area contributed by atoms with E-state index in [2.05, 4.69) is 10.3 Å². The molecule has 0 atom stereocenters. The molecular formula is C22H27N3O2. The molecule has 2 heterocycles. The lowest BCUT2D eigenvalue weighted by atomic mass is 9.91. The van der Waals surface area contributed by atoms with E-state index in [1.54, 1.807) is 12.4 Å². The van der Waals surface area contributed by atoms with Crippen LogP contribution in [-0.2, 0) is 11.3 Å². The van der Waals surface area contributed by atoms with E-state index in [1.807, 2.05) is 48.2 Å². The summed E-state index contributed by atoms with van der Waals surface area (Å²) in [6, 6.07) is 11.6. The van der Waals surface area contributed by atoms with Crippen molar-refractivity contribution in [3.63, 3.8) is 0 Å². The number of hydrogen-bond donors (Lipinski definition) is 1. The molecule has 5 nitrogen and oxygen atoms in total. The van der Waals surface area contributed by atoms with Gasteiger partial charge in [-0.15, -0.1) is 0 Å². The molecule has 0 saturated carbocycles. The highest BCUT2D eigenvalue weighted by atomic mass is 16.2. The SMILES string of the molecule is Cc1ccccc1C(=O)N1CCC(CCC(=O)NCc2ccncc2)CC1. The Bertz CT molecular complexity index is 768. The smallest absolute Gasteiger partial charge is 0.254 e. The largest absolute Gasteiger partial charge is 0.352 e. The van der Waals surface area contributed by atoms with Gasteiger partial charge in [0, 0.05) is 44.0 Å². The number of hydrogen-bond acceptors (Lipinski definition) is 3. The first-order valence-electron chi connectivity index (χ1n) is 9.64. The van der Waals surface area contributed by atoms with Gasteiger partial charge in [-0.1, -0.05) is 18.2 Å². The van der Waals surface area contributed by atoms with Crippen molar-refractivity contribution in [2.24, 2.45) is 5.92 Å². The average molecular weight is 365 g/mol. The number of nitrogens with zero attached hydrogens (tertiary/aromatic N) is 2. The number of aryl methyl sites for hydroxylation is 1. The molecule has 1 fully saturated rings. The molecule has 1 aliphatic rings. The molecule has 3 rings (SSSR count). The number of pyridine rings is 1. The van der Waals surface area contributed by atoms with Gasteiger partial charge >= 0.3 is 0 Å². The third-order valence-corrected chi connectivity index (χ3v) is 5.30. The molecule has 2 amide bonds. The van der Waals surface area contributed by atoms with Crippen LogP contribution < -0.4 is 5.32 Å². The topological polar surface area (TPSA) is 62.3 Å². The maximum absolute atomic E-state index is 12.7. The Labute approximate surface area is 160 Å². The molecule has 1 aromatic carbocycles. The number of amides is 2. The molecule has 0 bridgehead atoms. The minimum absolute atomic E-state index is 0.0882. The van der Waals surface area contributed by atoms with Gasteiger partial charge in [0.05, 0.1) is 0 Å². The summed E-state index contributed by atoms with van der Waals surface area (Å²) in [5, 5.41) is 2.96. The first-order chi connectivity index (χ1) is 13.1. The van der Waals surface area contributed by atoms with E-state index in [0.29, 0.717) is 18.9 Å². The molecule has 1 N–H and O–H groups in total. The zero-order valence-electron chi connectivity index (χ0n) is 15.9. The van der Waals surface area contributed by atoms with E-state index < -0.39 is 0 Å². The molecule has 1 saturated heterocycles. The second-order valence-corrected chi connectivity index (χ2v) is 7.22. The van der Waals surface area contributed by atoms with Crippen LogP contribution in [0.5, 0.6) is 0 Å². The van der Waals surface area contributed by atoms with Gasteiger partial charge in [0.15, 0.2) is 0 Å². The van der Waals surface area contributed by atoms with E-state index in [4.69, 9.17) is 0 Å². The van der Waals surface area contributed by atoms with Crippen molar-refractivity contribution in [2.45, 2.75) is 39.2 Å². The van der Waals surface area contributed by atoms with E-state index in [9.17, 15) is 9.59 Å². The lowest BCUT2D eigenvalue weighted by Crippen LogP contribution is -2.39. The second-order valence-electron chi connectivity index (χ2n) is 7.22. The molecule has 0 unspecified atom stereocenters. The Kier molecular flexibility index (Phi) is 6.58. The highest BCUT2D eigenvalue weighted by molar-refractivity contribution is 5.95. The van der Waals surface area contributed by atoms with Gasteiger partial charge in [-0.05, 0) is 61.4 Å². The van der Waals surface area contributed by atoms with Crippen LogP contribution in [0.15, 0.2) is 48.8 Å². The van der Waals surface area contributed by atoms with E-state index in [0.717, 1.165) is 49.0 Å². The molecule has 1 aromatic heterocycles. The molecular weight excluding hydrogens is 338 g/mol. The summed E-state index contributed by atoms with van der Waals surface area (Å²) in [4.78, 5) is 30.7. The number of nitrogens with one attached hydrogen (secondary N) is 1. The molecule has 5 heteroatoms. The quantitative estimate of drug-likeness (QED) is 0.854. The van der Waals surface area contributed by atoms with Crippen molar-refractivity contribution in [3.8, 4) is 0 Å². The number of likely N-dealkylation sites (tertiary alicyclic amines) is 1. The van der Waals surface area contributed by atoms with Crippen molar-refractivity contribution < 1.29 is 9.59 Å². The predicted molar refractivity (Wildman–Crippen MR) is 105 cm³/mol. The van der Waals surface area contributed by atoms with Gasteiger partial charge in [0.25, 0.3) is 5.91 Å². The minimum Gasteiger partial charge on any atom is -0.352 e. The fraction of sp³-hybridized carbons (Fsp3) is 0.409. The van der Waals surface area contributed by atoms with Crippen molar-refractivity contribution in [3.05, 3.63) is 65.5 Å². The fourth-order valence-electron chi connectivity index (χ4n) is 3.53. The maximum atomic E-state index is 12.7. The van der Waals surface area contributed by atoms with E-state index in [-0.39, 0.29) is 11.8 Å². The Morgan fingerprint density at radius 2 is 1.81 bits per heavy atom. The van der Waals surface area contributed by atoms with Crippen LogP contribution in [0.4, 0.5) is 0 Å². The van der Waals surface area contributed by atoms with Gasteiger partial charge in [-0.3, -0.25) is 14.6 Å². The van der Waals surface area contributed by atoms with Gasteiger partial charge in [-0.2, -0.15) is 0 Å². The first-order valence-corrected chi connectivity index (χ1v) is 9.64. The van der Waals surface area contributed by atoms with E-state index in [1.165, 1.54) is 0 Å². The van der Waals surface area contributed by atoms with Crippen molar-refractivity contribution in [1.29, 1.82) is 0 Å². The maximum Gasteiger partial charge on any atom is 0.254 e. The van der Waals surface area contributed by atoms with Gasteiger partial charge in [0.1, 0.15) is 0 Å². The van der Waals surface area contributed by atoms with Crippen molar-refractivity contribution in [1.82, 2.24) is 15.2 Å². The normalized spacial score (nSPS) is 14.8. The Hall–Kier alpha value is -2.69. The second kappa shape index (κ2) is 9.31. The Balaban J connectivity index is 1.39. The number of aromatic nitrogens is 1. The molecule has 2 aromatic rings. The number of carbonyl (C=O) groups is 2. The number of carbonyl (C=O) groups excluding carboxylic acids is 2. The summed E-state index contributed by atoms with van der Waals surface area (Å²) < 4.78 is 0. The summed E-state index contributed by atoms with van der Waals surface area (Å²) >= 11 is 0.